The molecule has 5 rings (SSSR count). The third-order valence-corrected chi connectivity index (χ3v) is 6.60. The van der Waals surface area contributed by atoms with E-state index in [0.29, 0.717) is 40.3 Å². The van der Waals surface area contributed by atoms with Crippen LogP contribution in [0.4, 0.5) is 30.2 Å². The molecule has 2 amide bonds. The van der Waals surface area contributed by atoms with Crippen molar-refractivity contribution >= 4 is 45.4 Å². The SMILES string of the molecule is COc1cc2c(cc1OC)C(Oc1ccc3c(C(=O)Nc4cc(C(F)(F)F)ccc4NC(C)=O)cccc3c1)=CCN2. The quantitative estimate of drug-likeness (QED) is 0.220. The molecular weight excluding hydrogens is 551 g/mol. The first-order chi connectivity index (χ1) is 20.1. The summed E-state index contributed by atoms with van der Waals surface area (Å²) in [5.74, 6) is 1.11. The number of benzene rings is 4. The number of amides is 2. The third kappa shape index (κ3) is 5.80. The van der Waals surface area contributed by atoms with Crippen LogP contribution in [0.1, 0.15) is 28.4 Å². The molecule has 0 fully saturated rings. The highest BCUT2D eigenvalue weighted by Gasteiger charge is 2.31. The first-order valence-electron chi connectivity index (χ1n) is 12.8. The van der Waals surface area contributed by atoms with Crippen LogP contribution in [0.3, 0.4) is 0 Å². The maximum atomic E-state index is 13.4. The van der Waals surface area contributed by atoms with Crippen LogP contribution in [-0.4, -0.2) is 32.6 Å². The number of anilines is 3. The van der Waals surface area contributed by atoms with Gasteiger partial charge in [0.25, 0.3) is 5.91 Å². The Bertz CT molecular complexity index is 1730. The lowest BCUT2D eigenvalue weighted by molar-refractivity contribution is -0.137. The van der Waals surface area contributed by atoms with Gasteiger partial charge in [0.2, 0.25) is 5.91 Å². The molecule has 0 saturated carbocycles. The number of methoxy groups -OCH3 is 2. The van der Waals surface area contributed by atoms with Crippen LogP contribution >= 0.6 is 0 Å². The number of fused-ring (bicyclic) bond motifs is 2. The summed E-state index contributed by atoms with van der Waals surface area (Å²) in [4.78, 5) is 24.9. The molecule has 4 aromatic carbocycles. The number of halogens is 3. The van der Waals surface area contributed by atoms with E-state index in [1.807, 2.05) is 18.2 Å². The summed E-state index contributed by atoms with van der Waals surface area (Å²) < 4.78 is 57.1. The summed E-state index contributed by atoms with van der Waals surface area (Å²) in [5.41, 5.74) is 0.737. The van der Waals surface area contributed by atoms with Crippen molar-refractivity contribution < 1.29 is 37.0 Å². The minimum atomic E-state index is -4.63. The number of hydrogen-bond donors (Lipinski definition) is 3. The number of carbonyl (C=O) groups excluding carboxylic acids is 2. The number of rotatable bonds is 7. The highest BCUT2D eigenvalue weighted by molar-refractivity contribution is 6.14. The van der Waals surface area contributed by atoms with Gasteiger partial charge in [-0.2, -0.15) is 13.2 Å². The number of hydrogen-bond acceptors (Lipinski definition) is 6. The molecule has 3 N–H and O–H groups in total. The molecule has 1 heterocycles. The van der Waals surface area contributed by atoms with E-state index in [4.69, 9.17) is 14.2 Å². The molecule has 8 nitrogen and oxygen atoms in total. The van der Waals surface area contributed by atoms with E-state index >= 15 is 0 Å². The Labute approximate surface area is 239 Å². The van der Waals surface area contributed by atoms with E-state index in [2.05, 4.69) is 16.0 Å². The Morgan fingerprint density at radius 2 is 1.64 bits per heavy atom. The van der Waals surface area contributed by atoms with E-state index in [1.54, 1.807) is 50.6 Å². The van der Waals surface area contributed by atoms with Crippen molar-refractivity contribution in [1.29, 1.82) is 0 Å². The third-order valence-electron chi connectivity index (χ3n) is 6.60. The van der Waals surface area contributed by atoms with Crippen LogP contribution in [0.15, 0.2) is 72.8 Å². The summed E-state index contributed by atoms with van der Waals surface area (Å²) in [6.45, 7) is 1.76. The fourth-order valence-electron chi connectivity index (χ4n) is 4.65. The van der Waals surface area contributed by atoms with Crippen LogP contribution in [0.2, 0.25) is 0 Å². The number of carbonyl (C=O) groups is 2. The van der Waals surface area contributed by atoms with Gasteiger partial charge < -0.3 is 30.2 Å². The molecule has 0 atom stereocenters. The maximum absolute atomic E-state index is 13.4. The van der Waals surface area contributed by atoms with E-state index < -0.39 is 23.6 Å². The fraction of sp³-hybridized carbons (Fsp3) is 0.161. The second-order valence-electron chi connectivity index (χ2n) is 9.39. The van der Waals surface area contributed by atoms with Gasteiger partial charge in [-0.1, -0.05) is 12.1 Å². The zero-order valence-corrected chi connectivity index (χ0v) is 22.8. The van der Waals surface area contributed by atoms with Gasteiger partial charge in [-0.05, 0) is 65.4 Å². The Morgan fingerprint density at radius 3 is 2.36 bits per heavy atom. The van der Waals surface area contributed by atoms with Gasteiger partial charge in [-0.15, -0.1) is 0 Å². The Morgan fingerprint density at radius 1 is 0.881 bits per heavy atom. The molecule has 1 aliphatic heterocycles. The average Bonchev–Trinajstić information content (AvgIpc) is 2.96. The van der Waals surface area contributed by atoms with Crippen molar-refractivity contribution in [3.63, 3.8) is 0 Å². The summed E-state index contributed by atoms with van der Waals surface area (Å²) in [6, 6.07) is 16.6. The van der Waals surface area contributed by atoms with Crippen LogP contribution < -0.4 is 30.2 Å². The second kappa shape index (κ2) is 11.4. The van der Waals surface area contributed by atoms with Crippen molar-refractivity contribution in [3.05, 3.63) is 89.5 Å². The Kier molecular flexibility index (Phi) is 7.66. The fourth-order valence-corrected chi connectivity index (χ4v) is 4.65. The van der Waals surface area contributed by atoms with Crippen LogP contribution in [0, 0.1) is 0 Å². The predicted molar refractivity (Wildman–Crippen MR) is 154 cm³/mol. The molecular formula is C31H26F3N3O5. The summed E-state index contributed by atoms with van der Waals surface area (Å²) in [5, 5.41) is 9.49. The average molecular weight is 578 g/mol. The molecule has 0 saturated heterocycles. The molecule has 42 heavy (non-hydrogen) atoms. The highest BCUT2D eigenvalue weighted by Crippen LogP contribution is 2.39. The molecule has 1 aliphatic rings. The van der Waals surface area contributed by atoms with Gasteiger partial charge in [0.05, 0.1) is 31.2 Å². The molecule has 4 aromatic rings. The number of nitrogens with one attached hydrogen (secondary N) is 3. The van der Waals surface area contributed by atoms with Gasteiger partial charge >= 0.3 is 6.18 Å². The van der Waals surface area contributed by atoms with Crippen LogP contribution in [0.5, 0.6) is 17.2 Å². The first-order valence-corrected chi connectivity index (χ1v) is 12.8. The molecule has 11 heteroatoms. The largest absolute Gasteiger partial charge is 0.493 e. The predicted octanol–water partition coefficient (Wildman–Crippen LogP) is 6.93. The lowest BCUT2D eigenvalue weighted by Crippen LogP contribution is -2.17. The zero-order chi connectivity index (χ0) is 30.0. The standard InChI is InChI=1S/C31H26F3N3O5/c1-17(38)36-24-10-7-19(31(32,33)34)14-26(24)37-30(39)22-6-4-5-18-13-20(8-9-21(18)22)42-27-11-12-35-25-16-29(41-3)28(40-2)15-23(25)27/h4-11,13-16,35H,12H2,1-3H3,(H,36,38)(H,37,39). The molecule has 0 spiro atoms. The normalized spacial score (nSPS) is 12.5. The van der Waals surface area contributed by atoms with Gasteiger partial charge in [-0.3, -0.25) is 9.59 Å². The molecule has 0 radical (unpaired) electrons. The second-order valence-corrected chi connectivity index (χ2v) is 9.39. The van der Waals surface area contributed by atoms with Gasteiger partial charge in [0, 0.05) is 36.3 Å². The van der Waals surface area contributed by atoms with E-state index in [0.717, 1.165) is 29.4 Å². The van der Waals surface area contributed by atoms with E-state index in [-0.39, 0.29) is 16.9 Å². The lowest BCUT2D eigenvalue weighted by atomic mass is 10.0. The molecule has 216 valence electrons. The van der Waals surface area contributed by atoms with Crippen molar-refractivity contribution in [1.82, 2.24) is 0 Å². The van der Waals surface area contributed by atoms with Crippen molar-refractivity contribution in [2.24, 2.45) is 0 Å². The number of ether oxygens (including phenoxy) is 3. The van der Waals surface area contributed by atoms with Crippen molar-refractivity contribution in [3.8, 4) is 17.2 Å². The molecule has 0 aliphatic carbocycles. The Hall–Kier alpha value is -5.19. The highest BCUT2D eigenvalue weighted by atomic mass is 19.4. The smallest absolute Gasteiger partial charge is 0.416 e. The monoisotopic (exact) mass is 577 g/mol. The van der Waals surface area contributed by atoms with Gasteiger partial charge in [0.1, 0.15) is 11.5 Å². The van der Waals surface area contributed by atoms with Gasteiger partial charge in [0.15, 0.2) is 11.5 Å². The van der Waals surface area contributed by atoms with Gasteiger partial charge in [-0.25, -0.2) is 0 Å². The minimum absolute atomic E-state index is 0.0459. The van der Waals surface area contributed by atoms with E-state index in [1.165, 1.54) is 6.92 Å². The first kappa shape index (κ1) is 28.3. The summed E-state index contributed by atoms with van der Waals surface area (Å²) >= 11 is 0. The van der Waals surface area contributed by atoms with Crippen LogP contribution in [0.25, 0.3) is 16.5 Å². The van der Waals surface area contributed by atoms with Crippen molar-refractivity contribution in [2.75, 3.05) is 36.7 Å². The number of alkyl halides is 3. The van der Waals surface area contributed by atoms with Crippen molar-refractivity contribution in [2.45, 2.75) is 13.1 Å². The molecule has 0 bridgehead atoms. The molecule has 0 unspecified atom stereocenters. The Balaban J connectivity index is 1.43. The topological polar surface area (TPSA) is 97.9 Å². The summed E-state index contributed by atoms with van der Waals surface area (Å²) in [6.07, 6.45) is -2.74. The minimum Gasteiger partial charge on any atom is -0.493 e. The zero-order valence-electron chi connectivity index (χ0n) is 22.8. The molecule has 0 aromatic heterocycles. The van der Waals surface area contributed by atoms with E-state index in [9.17, 15) is 22.8 Å². The summed E-state index contributed by atoms with van der Waals surface area (Å²) in [7, 11) is 3.11. The lowest BCUT2D eigenvalue weighted by Gasteiger charge is -2.22. The maximum Gasteiger partial charge on any atom is 0.416 e. The van der Waals surface area contributed by atoms with Crippen LogP contribution in [-0.2, 0) is 11.0 Å².